The number of hydrogen-bond acceptors (Lipinski definition) is 7. The number of alkyl halides is 3. The van der Waals surface area contributed by atoms with Crippen LogP contribution in [0.1, 0.15) is 52.8 Å². The molecule has 0 atom stereocenters. The Morgan fingerprint density at radius 2 is 1.18 bits per heavy atom. The Hall–Kier alpha value is -4.69. The van der Waals surface area contributed by atoms with Crippen molar-refractivity contribution in [3.63, 3.8) is 0 Å². The smallest absolute Gasteiger partial charge is 0.406 e. The number of hydrogen-bond donors (Lipinski definition) is 3. The molecule has 0 aliphatic carbocycles. The van der Waals surface area contributed by atoms with Gasteiger partial charge in [0.1, 0.15) is 5.75 Å². The summed E-state index contributed by atoms with van der Waals surface area (Å²) in [5, 5.41) is 1.14. The molecule has 5 aromatic rings. The monoisotopic (exact) mass is 726 g/mol. The van der Waals surface area contributed by atoms with Gasteiger partial charge in [0.15, 0.2) is 0 Å². The Balaban J connectivity index is 0.000000252. The molecule has 0 radical (unpaired) electrons. The van der Waals surface area contributed by atoms with Crippen LogP contribution in [0.3, 0.4) is 0 Å². The lowest BCUT2D eigenvalue weighted by molar-refractivity contribution is -0.274. The lowest BCUT2D eigenvalue weighted by atomic mass is 10.2. The normalized spacial score (nSPS) is 11.2. The predicted molar refractivity (Wildman–Crippen MR) is 190 cm³/mol. The van der Waals surface area contributed by atoms with Gasteiger partial charge in [-0.1, -0.05) is 61.6 Å². The Labute approximate surface area is 294 Å². The molecule has 0 saturated heterocycles. The van der Waals surface area contributed by atoms with Crippen LogP contribution in [-0.4, -0.2) is 25.9 Å². The highest BCUT2D eigenvalue weighted by Crippen LogP contribution is 2.31. The van der Waals surface area contributed by atoms with Gasteiger partial charge in [0.05, 0.1) is 16.6 Å². The molecule has 3 N–H and O–H groups in total. The first kappa shape index (κ1) is 38.1. The summed E-state index contributed by atoms with van der Waals surface area (Å²) in [4.78, 5) is 57.3. The standard InChI is InChI=1S/C22H21F3N2O3S.C14H16N2O2S/c1-4-18-19(28)26-21(29)27(20(18)31-17-10-13(2)9-14(3)11-17)12-15-5-7-16(8-6-15)30-22(23,24)25;1-4-11-12(17)15-14(18)16-13(11)19-10-6-8(2)5-9(3)7-10/h5-11H,4,12H2,1-3H3,(H,26,28,29);5-7H,4H2,1-3H3,(H2,15,16,17,18). The minimum atomic E-state index is -4.77. The summed E-state index contributed by atoms with van der Waals surface area (Å²) >= 11 is 2.74. The number of benzene rings is 3. The third-order valence-electron chi connectivity index (χ3n) is 7.27. The Morgan fingerprint density at radius 3 is 1.68 bits per heavy atom. The fraction of sp³-hybridized carbons (Fsp3) is 0.278. The number of ether oxygens (including phenoxy) is 1. The summed E-state index contributed by atoms with van der Waals surface area (Å²) in [6.07, 6.45) is -3.77. The fourth-order valence-electron chi connectivity index (χ4n) is 5.26. The van der Waals surface area contributed by atoms with E-state index in [0.717, 1.165) is 32.0 Å². The summed E-state index contributed by atoms with van der Waals surface area (Å²) in [5.74, 6) is -0.343. The van der Waals surface area contributed by atoms with Crippen LogP contribution in [0.15, 0.2) is 99.7 Å². The van der Waals surface area contributed by atoms with E-state index in [1.54, 1.807) is 0 Å². The lowest BCUT2D eigenvalue weighted by Crippen LogP contribution is -2.34. The summed E-state index contributed by atoms with van der Waals surface area (Å²) in [5.41, 5.74) is 4.32. The number of rotatable bonds is 9. The summed E-state index contributed by atoms with van der Waals surface area (Å²) < 4.78 is 42.4. The highest BCUT2D eigenvalue weighted by Gasteiger charge is 2.31. The zero-order valence-electron chi connectivity index (χ0n) is 28.3. The van der Waals surface area contributed by atoms with Crippen molar-refractivity contribution < 1.29 is 17.9 Å². The zero-order valence-corrected chi connectivity index (χ0v) is 30.0. The molecule has 50 heavy (non-hydrogen) atoms. The van der Waals surface area contributed by atoms with Gasteiger partial charge in [-0.2, -0.15) is 0 Å². The molecular weight excluding hydrogens is 690 g/mol. The third-order valence-corrected chi connectivity index (χ3v) is 9.43. The average Bonchev–Trinajstić information content (AvgIpc) is 2.98. The van der Waals surface area contributed by atoms with E-state index in [1.807, 2.05) is 71.9 Å². The minimum absolute atomic E-state index is 0.0854. The van der Waals surface area contributed by atoms with Crippen LogP contribution in [0, 0.1) is 27.7 Å². The largest absolute Gasteiger partial charge is 0.573 e. The van der Waals surface area contributed by atoms with E-state index in [2.05, 4.69) is 25.8 Å². The number of aromatic nitrogens is 4. The second-order valence-electron chi connectivity index (χ2n) is 11.6. The molecule has 2 heterocycles. The van der Waals surface area contributed by atoms with Crippen molar-refractivity contribution in [2.75, 3.05) is 0 Å². The van der Waals surface area contributed by atoms with Crippen LogP contribution in [-0.2, 0) is 19.4 Å². The van der Waals surface area contributed by atoms with Gasteiger partial charge in [-0.15, -0.1) is 13.2 Å². The van der Waals surface area contributed by atoms with Crippen LogP contribution < -0.4 is 27.2 Å². The topological polar surface area (TPSA) is 130 Å². The van der Waals surface area contributed by atoms with E-state index in [-0.39, 0.29) is 17.9 Å². The summed E-state index contributed by atoms with van der Waals surface area (Å²) in [6.45, 7) is 11.8. The number of halogens is 3. The Morgan fingerprint density at radius 1 is 0.680 bits per heavy atom. The van der Waals surface area contributed by atoms with Gasteiger partial charge in [0.2, 0.25) is 0 Å². The molecule has 0 aliphatic rings. The van der Waals surface area contributed by atoms with Crippen molar-refractivity contribution in [3.05, 3.63) is 141 Å². The summed E-state index contributed by atoms with van der Waals surface area (Å²) in [7, 11) is 0. The van der Waals surface area contributed by atoms with E-state index in [0.29, 0.717) is 39.6 Å². The minimum Gasteiger partial charge on any atom is -0.406 e. The quantitative estimate of drug-likeness (QED) is 0.137. The predicted octanol–water partition coefficient (Wildman–Crippen LogP) is 7.21. The molecule has 0 saturated carbocycles. The second-order valence-corrected chi connectivity index (χ2v) is 13.7. The van der Waals surface area contributed by atoms with Crippen LogP contribution in [0.2, 0.25) is 0 Å². The Bertz CT molecular complexity index is 2180. The van der Waals surface area contributed by atoms with Gasteiger partial charge >= 0.3 is 17.7 Å². The van der Waals surface area contributed by atoms with Crippen LogP contribution >= 0.6 is 23.5 Å². The maximum absolute atomic E-state index is 12.6. The number of aryl methyl sites for hydroxylation is 4. The molecule has 0 amide bonds. The third kappa shape index (κ3) is 10.4. The van der Waals surface area contributed by atoms with Crippen molar-refractivity contribution in [1.29, 1.82) is 0 Å². The Kier molecular flexibility index (Phi) is 12.5. The molecule has 0 unspecified atom stereocenters. The van der Waals surface area contributed by atoms with Crippen LogP contribution in [0.4, 0.5) is 13.2 Å². The number of aromatic amines is 3. The molecule has 2 aromatic heterocycles. The lowest BCUT2D eigenvalue weighted by Gasteiger charge is -2.16. The molecule has 264 valence electrons. The second kappa shape index (κ2) is 16.3. The first-order chi connectivity index (χ1) is 23.5. The molecule has 0 spiro atoms. The van der Waals surface area contributed by atoms with E-state index < -0.39 is 23.3 Å². The highest BCUT2D eigenvalue weighted by molar-refractivity contribution is 7.99. The van der Waals surface area contributed by atoms with Gasteiger partial charge in [-0.3, -0.25) is 24.1 Å². The van der Waals surface area contributed by atoms with Crippen molar-refractivity contribution in [3.8, 4) is 5.75 Å². The van der Waals surface area contributed by atoms with Gasteiger partial charge in [0.25, 0.3) is 11.1 Å². The van der Waals surface area contributed by atoms with Crippen LogP contribution in [0.25, 0.3) is 0 Å². The number of nitrogens with one attached hydrogen (secondary N) is 3. The van der Waals surface area contributed by atoms with E-state index in [9.17, 15) is 32.3 Å². The zero-order chi connectivity index (χ0) is 36.7. The molecule has 14 heteroatoms. The fourth-order valence-corrected chi connectivity index (χ4v) is 7.82. The van der Waals surface area contributed by atoms with Crippen molar-refractivity contribution in [2.45, 2.75) is 87.1 Å². The molecule has 3 aromatic carbocycles. The van der Waals surface area contributed by atoms with Gasteiger partial charge in [0, 0.05) is 20.9 Å². The van der Waals surface area contributed by atoms with Crippen LogP contribution in [0.5, 0.6) is 5.75 Å². The molecule has 0 aliphatic heterocycles. The molecule has 0 fully saturated rings. The van der Waals surface area contributed by atoms with Crippen molar-refractivity contribution in [2.24, 2.45) is 0 Å². The SMILES string of the molecule is CCc1c(Sc2cc(C)cc(C)c2)[nH]c(=O)[nH]c1=O.CCc1c(Sc2cc(C)cc(C)c2)n(Cc2ccc(OC(F)(F)F)cc2)c(=O)[nH]c1=O. The van der Waals surface area contributed by atoms with Gasteiger partial charge < -0.3 is 9.72 Å². The first-order valence-electron chi connectivity index (χ1n) is 15.6. The van der Waals surface area contributed by atoms with Crippen molar-refractivity contribution in [1.82, 2.24) is 19.5 Å². The van der Waals surface area contributed by atoms with E-state index in [1.165, 1.54) is 52.4 Å². The highest BCUT2D eigenvalue weighted by atomic mass is 32.2. The molecular formula is C36H37F3N4O5S2. The molecule has 5 rings (SSSR count). The summed E-state index contributed by atoms with van der Waals surface area (Å²) in [6, 6.07) is 17.4. The maximum Gasteiger partial charge on any atom is 0.573 e. The van der Waals surface area contributed by atoms with Gasteiger partial charge in [-0.05, 0) is 105 Å². The van der Waals surface area contributed by atoms with E-state index >= 15 is 0 Å². The molecule has 9 nitrogen and oxygen atoms in total. The average molecular weight is 727 g/mol. The van der Waals surface area contributed by atoms with Gasteiger partial charge in [-0.25, -0.2) is 9.59 Å². The van der Waals surface area contributed by atoms with Crippen molar-refractivity contribution >= 4 is 23.5 Å². The maximum atomic E-state index is 12.6. The van der Waals surface area contributed by atoms with E-state index in [4.69, 9.17) is 0 Å². The first-order valence-corrected chi connectivity index (χ1v) is 17.3. The number of nitrogens with zero attached hydrogens (tertiary/aromatic N) is 1. The number of H-pyrrole nitrogens is 3. The molecule has 0 bridgehead atoms.